The van der Waals surface area contributed by atoms with E-state index in [0.29, 0.717) is 0 Å². The maximum absolute atomic E-state index is 12.4. The summed E-state index contributed by atoms with van der Waals surface area (Å²) in [6.45, 7) is 7.47. The lowest BCUT2D eigenvalue weighted by Gasteiger charge is -2.32. The number of amides is 1. The van der Waals surface area contributed by atoms with E-state index in [-0.39, 0.29) is 12.3 Å². The topological polar surface area (TPSA) is 48.5 Å². The Kier molecular flexibility index (Phi) is 6.57. The molecule has 30 heavy (non-hydrogen) atoms. The van der Waals surface area contributed by atoms with Gasteiger partial charge in [-0.25, -0.2) is 4.98 Å². The Bertz CT molecular complexity index is 990. The standard InChI is InChI=1S/C24H28N4OS/c1-18-6-8-21(9-7-18)25-23(29)15-22-17-30-24(26-22)20-5-3-4-19(14-20)16-28-12-10-27(2)11-13-28/h3-9,14,17H,10-13,15-16H2,1-2H3,(H,25,29). The molecule has 1 fully saturated rings. The lowest BCUT2D eigenvalue weighted by atomic mass is 10.1. The van der Waals surface area contributed by atoms with Crippen LogP contribution < -0.4 is 5.32 Å². The molecule has 6 heteroatoms. The molecule has 0 saturated carbocycles. The Morgan fingerprint density at radius 1 is 1.10 bits per heavy atom. The van der Waals surface area contributed by atoms with Crippen LogP contribution in [0.4, 0.5) is 5.69 Å². The van der Waals surface area contributed by atoms with Gasteiger partial charge >= 0.3 is 0 Å². The maximum Gasteiger partial charge on any atom is 0.230 e. The quantitative estimate of drug-likeness (QED) is 0.654. The predicted molar refractivity (Wildman–Crippen MR) is 124 cm³/mol. The van der Waals surface area contributed by atoms with Crippen LogP contribution in [0.1, 0.15) is 16.8 Å². The number of benzene rings is 2. The molecule has 0 aliphatic carbocycles. The van der Waals surface area contributed by atoms with Crippen LogP contribution in [0.2, 0.25) is 0 Å². The van der Waals surface area contributed by atoms with Crippen LogP contribution >= 0.6 is 11.3 Å². The van der Waals surface area contributed by atoms with Gasteiger partial charge in [-0.2, -0.15) is 0 Å². The lowest BCUT2D eigenvalue weighted by molar-refractivity contribution is -0.115. The SMILES string of the molecule is Cc1ccc(NC(=O)Cc2csc(-c3cccc(CN4CCN(C)CC4)c3)n2)cc1. The fraction of sp³-hybridized carbons (Fsp3) is 0.333. The summed E-state index contributed by atoms with van der Waals surface area (Å²) < 4.78 is 0. The van der Waals surface area contributed by atoms with Crippen molar-refractivity contribution < 1.29 is 4.79 Å². The summed E-state index contributed by atoms with van der Waals surface area (Å²) in [6, 6.07) is 16.4. The molecule has 2 heterocycles. The van der Waals surface area contributed by atoms with Crippen molar-refractivity contribution in [2.75, 3.05) is 38.5 Å². The van der Waals surface area contributed by atoms with Crippen molar-refractivity contribution in [2.45, 2.75) is 19.9 Å². The molecule has 3 aromatic rings. The molecule has 0 radical (unpaired) electrons. The van der Waals surface area contributed by atoms with Gasteiger partial charge < -0.3 is 10.2 Å². The van der Waals surface area contributed by atoms with Gasteiger partial charge in [0.2, 0.25) is 5.91 Å². The monoisotopic (exact) mass is 420 g/mol. The molecule has 5 nitrogen and oxygen atoms in total. The molecule has 1 aliphatic heterocycles. The third-order valence-electron chi connectivity index (χ3n) is 5.40. The molecule has 1 saturated heterocycles. The Hall–Kier alpha value is -2.54. The summed E-state index contributed by atoms with van der Waals surface area (Å²) in [7, 11) is 2.18. The van der Waals surface area contributed by atoms with Crippen LogP contribution in [0.15, 0.2) is 53.9 Å². The highest BCUT2D eigenvalue weighted by atomic mass is 32.1. The summed E-state index contributed by atoms with van der Waals surface area (Å²) in [5.41, 5.74) is 5.23. The smallest absolute Gasteiger partial charge is 0.230 e. The number of piperazine rings is 1. The van der Waals surface area contributed by atoms with Crippen molar-refractivity contribution in [2.24, 2.45) is 0 Å². The lowest BCUT2D eigenvalue weighted by Crippen LogP contribution is -2.43. The number of nitrogens with one attached hydrogen (secondary N) is 1. The van der Waals surface area contributed by atoms with Gasteiger partial charge in [-0.1, -0.05) is 35.9 Å². The largest absolute Gasteiger partial charge is 0.326 e. The Morgan fingerprint density at radius 3 is 2.63 bits per heavy atom. The average Bonchev–Trinajstić information content (AvgIpc) is 3.20. The van der Waals surface area contributed by atoms with Crippen molar-refractivity contribution in [1.82, 2.24) is 14.8 Å². The Labute approximate surface area is 182 Å². The van der Waals surface area contributed by atoms with Crippen LogP contribution in [0, 0.1) is 6.92 Å². The van der Waals surface area contributed by atoms with Crippen molar-refractivity contribution in [3.8, 4) is 10.6 Å². The number of rotatable bonds is 6. The fourth-order valence-electron chi connectivity index (χ4n) is 3.59. The molecular formula is C24H28N4OS. The molecule has 156 valence electrons. The van der Waals surface area contributed by atoms with E-state index >= 15 is 0 Å². The Balaban J connectivity index is 1.37. The highest BCUT2D eigenvalue weighted by molar-refractivity contribution is 7.13. The molecular weight excluding hydrogens is 392 g/mol. The zero-order valence-electron chi connectivity index (χ0n) is 17.6. The average molecular weight is 421 g/mol. The normalized spacial score (nSPS) is 15.3. The molecule has 0 spiro atoms. The molecule has 1 amide bonds. The first-order valence-corrected chi connectivity index (χ1v) is 11.2. The minimum Gasteiger partial charge on any atom is -0.326 e. The third kappa shape index (κ3) is 5.53. The molecule has 1 aliphatic rings. The van der Waals surface area contributed by atoms with Crippen molar-refractivity contribution in [3.63, 3.8) is 0 Å². The van der Waals surface area contributed by atoms with Gasteiger partial charge in [0.15, 0.2) is 0 Å². The first kappa shape index (κ1) is 20.7. The van der Waals surface area contributed by atoms with Crippen molar-refractivity contribution in [3.05, 3.63) is 70.7 Å². The minimum absolute atomic E-state index is 0.0421. The maximum atomic E-state index is 12.4. The second-order valence-electron chi connectivity index (χ2n) is 8.01. The molecule has 1 aromatic heterocycles. The number of hydrogen-bond acceptors (Lipinski definition) is 5. The van der Waals surface area contributed by atoms with E-state index < -0.39 is 0 Å². The van der Waals surface area contributed by atoms with Gasteiger partial charge in [0.1, 0.15) is 5.01 Å². The van der Waals surface area contributed by atoms with Crippen LogP contribution in [0.3, 0.4) is 0 Å². The fourth-order valence-corrected chi connectivity index (χ4v) is 4.41. The van der Waals surface area contributed by atoms with E-state index in [0.717, 1.165) is 54.7 Å². The van der Waals surface area contributed by atoms with E-state index in [1.807, 2.05) is 36.6 Å². The number of thiazole rings is 1. The first-order valence-electron chi connectivity index (χ1n) is 10.4. The zero-order chi connectivity index (χ0) is 20.9. The van der Waals surface area contributed by atoms with E-state index in [4.69, 9.17) is 4.98 Å². The van der Waals surface area contributed by atoms with Gasteiger partial charge in [0, 0.05) is 49.4 Å². The molecule has 4 rings (SSSR count). The summed E-state index contributed by atoms with van der Waals surface area (Å²) in [5, 5.41) is 5.89. The van der Waals surface area contributed by atoms with Gasteiger partial charge in [0.25, 0.3) is 0 Å². The minimum atomic E-state index is -0.0421. The third-order valence-corrected chi connectivity index (χ3v) is 6.34. The van der Waals surface area contributed by atoms with Gasteiger partial charge in [-0.15, -0.1) is 11.3 Å². The number of likely N-dealkylation sites (N-methyl/N-ethyl adjacent to an activating group) is 1. The van der Waals surface area contributed by atoms with E-state index in [1.165, 1.54) is 11.1 Å². The number of anilines is 1. The first-order chi connectivity index (χ1) is 14.5. The summed E-state index contributed by atoms with van der Waals surface area (Å²) in [6.07, 6.45) is 0.283. The molecule has 2 aromatic carbocycles. The highest BCUT2D eigenvalue weighted by Gasteiger charge is 2.15. The predicted octanol–water partition coefficient (Wildman–Crippen LogP) is 4.05. The second-order valence-corrected chi connectivity index (χ2v) is 8.87. The summed E-state index contributed by atoms with van der Waals surface area (Å²) in [5.74, 6) is -0.0421. The summed E-state index contributed by atoms with van der Waals surface area (Å²) in [4.78, 5) is 21.9. The van der Waals surface area contributed by atoms with Crippen molar-refractivity contribution in [1.29, 1.82) is 0 Å². The number of hydrogen-bond donors (Lipinski definition) is 1. The van der Waals surface area contributed by atoms with Crippen LogP contribution in [-0.4, -0.2) is 53.9 Å². The molecule has 0 bridgehead atoms. The number of aromatic nitrogens is 1. The number of nitrogens with zero attached hydrogens (tertiary/aromatic N) is 3. The second kappa shape index (κ2) is 9.51. The van der Waals surface area contributed by atoms with Gasteiger partial charge in [-0.05, 0) is 37.7 Å². The number of aryl methyl sites for hydroxylation is 1. The van der Waals surface area contributed by atoms with Gasteiger partial charge in [-0.3, -0.25) is 9.69 Å². The van der Waals surface area contributed by atoms with Gasteiger partial charge in [0.05, 0.1) is 12.1 Å². The van der Waals surface area contributed by atoms with Crippen LogP contribution in [-0.2, 0) is 17.8 Å². The van der Waals surface area contributed by atoms with E-state index in [1.54, 1.807) is 11.3 Å². The number of carbonyl (C=O) groups excluding carboxylic acids is 1. The zero-order valence-corrected chi connectivity index (χ0v) is 18.4. The molecule has 1 N–H and O–H groups in total. The van der Waals surface area contributed by atoms with E-state index in [2.05, 4.69) is 46.4 Å². The van der Waals surface area contributed by atoms with Crippen molar-refractivity contribution >= 4 is 22.9 Å². The highest BCUT2D eigenvalue weighted by Crippen LogP contribution is 2.25. The van der Waals surface area contributed by atoms with Crippen LogP contribution in [0.5, 0.6) is 0 Å². The summed E-state index contributed by atoms with van der Waals surface area (Å²) >= 11 is 1.60. The van der Waals surface area contributed by atoms with Crippen LogP contribution in [0.25, 0.3) is 10.6 Å². The Morgan fingerprint density at radius 2 is 1.87 bits per heavy atom. The molecule has 0 unspecified atom stereocenters. The molecule has 0 atom stereocenters. The van der Waals surface area contributed by atoms with E-state index in [9.17, 15) is 4.79 Å². The number of carbonyl (C=O) groups is 1.